The van der Waals surface area contributed by atoms with E-state index in [2.05, 4.69) is 17.0 Å². The van der Waals surface area contributed by atoms with Crippen LogP contribution in [0.1, 0.15) is 24.0 Å². The Kier molecular flexibility index (Phi) is 9.22. The number of carbonyl (C=O) groups is 2. The number of benzene rings is 3. The predicted molar refractivity (Wildman–Crippen MR) is 141 cm³/mol. The van der Waals surface area contributed by atoms with Crippen LogP contribution in [0.5, 0.6) is 5.75 Å². The fourth-order valence-electron chi connectivity index (χ4n) is 4.26. The third kappa shape index (κ3) is 7.58. The van der Waals surface area contributed by atoms with Gasteiger partial charge in [0.15, 0.2) is 6.61 Å². The highest BCUT2D eigenvalue weighted by Gasteiger charge is 2.42. The molecule has 0 bridgehead atoms. The molecule has 1 fully saturated rings. The second-order valence-corrected chi connectivity index (χ2v) is 10.3. The summed E-state index contributed by atoms with van der Waals surface area (Å²) in [6, 6.07) is 25.7. The van der Waals surface area contributed by atoms with Crippen LogP contribution in [0.15, 0.2) is 89.8 Å². The molecule has 0 amide bonds. The van der Waals surface area contributed by atoms with E-state index < -0.39 is 23.5 Å². The van der Waals surface area contributed by atoms with Crippen LogP contribution in [0, 0.1) is 5.92 Å². The molecule has 37 heavy (non-hydrogen) atoms. The van der Waals surface area contributed by atoms with Gasteiger partial charge < -0.3 is 19.7 Å². The molecule has 1 aliphatic rings. The monoisotopic (exact) mass is 521 g/mol. The first kappa shape index (κ1) is 26.7. The first-order chi connectivity index (χ1) is 17.9. The number of hydrogen-bond donors (Lipinski definition) is 2. The number of rotatable bonds is 11. The Morgan fingerprint density at radius 2 is 1.62 bits per heavy atom. The number of thioether (sulfide) groups is 1. The van der Waals surface area contributed by atoms with E-state index in [4.69, 9.17) is 14.6 Å². The van der Waals surface area contributed by atoms with Crippen LogP contribution < -0.4 is 4.74 Å². The van der Waals surface area contributed by atoms with Crippen LogP contribution in [0.2, 0.25) is 0 Å². The van der Waals surface area contributed by atoms with Gasteiger partial charge in [0.1, 0.15) is 5.75 Å². The van der Waals surface area contributed by atoms with Crippen molar-refractivity contribution in [1.29, 1.82) is 0 Å². The van der Waals surface area contributed by atoms with Crippen molar-refractivity contribution in [3.05, 3.63) is 96.1 Å². The van der Waals surface area contributed by atoms with Gasteiger partial charge in [-0.05, 0) is 61.7 Å². The number of carboxylic acids is 1. The molecule has 1 aliphatic heterocycles. The standard InChI is InChI=1S/C29H31NO6S/c31-27(32)21-35-25-11-7-10-24(18-25)29(34,37-26-12-5-2-6-13-26)28(33)36-20-23-14-16-30(17-15-23)19-22-8-3-1-4-9-22/h1-13,18,23,34H,14-17,19-21H2,(H,31,32). The fraction of sp³-hybridized carbons (Fsp3) is 0.310. The van der Waals surface area contributed by atoms with Crippen molar-refractivity contribution in [2.45, 2.75) is 29.2 Å². The Hall–Kier alpha value is -3.33. The van der Waals surface area contributed by atoms with Crippen molar-refractivity contribution in [3.63, 3.8) is 0 Å². The Morgan fingerprint density at radius 1 is 0.946 bits per heavy atom. The van der Waals surface area contributed by atoms with Gasteiger partial charge in [0.25, 0.3) is 0 Å². The summed E-state index contributed by atoms with van der Waals surface area (Å²) in [5.74, 6) is -1.42. The molecule has 0 aliphatic carbocycles. The fourth-order valence-corrected chi connectivity index (χ4v) is 5.28. The summed E-state index contributed by atoms with van der Waals surface area (Å²) in [5, 5.41) is 20.6. The zero-order valence-electron chi connectivity index (χ0n) is 20.5. The number of nitrogens with zero attached hydrogens (tertiary/aromatic N) is 1. The molecule has 1 saturated heterocycles. The normalized spacial score (nSPS) is 16.0. The summed E-state index contributed by atoms with van der Waals surface area (Å²) < 4.78 is 11.0. The number of likely N-dealkylation sites (tertiary alicyclic amines) is 1. The van der Waals surface area contributed by atoms with Crippen LogP contribution in [-0.4, -0.2) is 53.4 Å². The maximum absolute atomic E-state index is 13.4. The molecule has 2 N–H and O–H groups in total. The molecule has 194 valence electrons. The minimum atomic E-state index is -2.03. The molecular formula is C29H31NO6S. The molecule has 0 spiro atoms. The molecule has 0 saturated carbocycles. The van der Waals surface area contributed by atoms with E-state index in [-0.39, 0.29) is 23.8 Å². The minimum absolute atomic E-state index is 0.215. The van der Waals surface area contributed by atoms with Crippen molar-refractivity contribution in [2.24, 2.45) is 5.92 Å². The molecule has 3 aromatic rings. The number of aliphatic hydroxyl groups is 1. The minimum Gasteiger partial charge on any atom is -0.482 e. The first-order valence-electron chi connectivity index (χ1n) is 12.3. The molecule has 4 rings (SSSR count). The van der Waals surface area contributed by atoms with Crippen molar-refractivity contribution in [3.8, 4) is 5.75 Å². The number of esters is 1. The Balaban J connectivity index is 1.41. The van der Waals surface area contributed by atoms with Gasteiger partial charge in [-0.25, -0.2) is 9.59 Å². The van der Waals surface area contributed by atoms with Crippen LogP contribution in [-0.2, 0) is 25.8 Å². The van der Waals surface area contributed by atoms with E-state index in [0.29, 0.717) is 4.90 Å². The summed E-state index contributed by atoms with van der Waals surface area (Å²) in [5.41, 5.74) is 1.54. The van der Waals surface area contributed by atoms with Gasteiger partial charge >= 0.3 is 11.9 Å². The summed E-state index contributed by atoms with van der Waals surface area (Å²) in [4.78, 5) is 25.3. The molecule has 8 heteroatoms. The largest absolute Gasteiger partial charge is 0.482 e. The highest BCUT2D eigenvalue weighted by atomic mass is 32.2. The zero-order chi connectivity index (χ0) is 26.1. The lowest BCUT2D eigenvalue weighted by molar-refractivity contribution is -0.159. The number of aliphatic carboxylic acids is 1. The van der Waals surface area contributed by atoms with E-state index >= 15 is 0 Å². The number of piperidine rings is 1. The lowest BCUT2D eigenvalue weighted by Crippen LogP contribution is -2.38. The van der Waals surface area contributed by atoms with E-state index in [0.717, 1.165) is 44.2 Å². The molecule has 3 aromatic carbocycles. The Morgan fingerprint density at radius 3 is 2.30 bits per heavy atom. The van der Waals surface area contributed by atoms with Gasteiger partial charge in [-0.3, -0.25) is 4.90 Å². The van der Waals surface area contributed by atoms with Gasteiger partial charge in [-0.1, -0.05) is 72.4 Å². The second kappa shape index (κ2) is 12.8. The van der Waals surface area contributed by atoms with Gasteiger partial charge in [-0.15, -0.1) is 0 Å². The highest BCUT2D eigenvalue weighted by Crippen LogP contribution is 2.41. The number of carbonyl (C=O) groups excluding carboxylic acids is 1. The van der Waals surface area contributed by atoms with Crippen LogP contribution in [0.3, 0.4) is 0 Å². The third-order valence-corrected chi connectivity index (χ3v) is 7.49. The summed E-state index contributed by atoms with van der Waals surface area (Å²) >= 11 is 0.974. The average Bonchev–Trinajstić information content (AvgIpc) is 2.92. The third-order valence-electron chi connectivity index (χ3n) is 6.28. The number of ether oxygens (including phenoxy) is 2. The predicted octanol–water partition coefficient (Wildman–Crippen LogP) is 4.54. The maximum Gasteiger partial charge on any atom is 0.354 e. The van der Waals surface area contributed by atoms with Crippen molar-refractivity contribution < 1.29 is 29.3 Å². The molecule has 0 radical (unpaired) electrons. The lowest BCUT2D eigenvalue weighted by Gasteiger charge is -2.32. The van der Waals surface area contributed by atoms with E-state index in [1.54, 1.807) is 30.3 Å². The van der Waals surface area contributed by atoms with E-state index in [1.165, 1.54) is 11.6 Å². The van der Waals surface area contributed by atoms with E-state index in [1.807, 2.05) is 36.4 Å². The van der Waals surface area contributed by atoms with Gasteiger partial charge in [0.2, 0.25) is 4.93 Å². The number of hydrogen-bond acceptors (Lipinski definition) is 7. The quantitative estimate of drug-likeness (QED) is 0.216. The molecule has 1 atom stereocenters. The average molecular weight is 522 g/mol. The van der Waals surface area contributed by atoms with Gasteiger partial charge in [0.05, 0.1) is 6.61 Å². The SMILES string of the molecule is O=C(O)COc1cccc(C(O)(Sc2ccccc2)C(=O)OCC2CCN(Cc3ccccc3)CC2)c1. The van der Waals surface area contributed by atoms with Crippen molar-refractivity contribution in [1.82, 2.24) is 4.90 Å². The van der Waals surface area contributed by atoms with Crippen LogP contribution >= 0.6 is 11.8 Å². The van der Waals surface area contributed by atoms with Gasteiger partial charge in [0, 0.05) is 17.0 Å². The maximum atomic E-state index is 13.4. The Labute approximate surface area is 221 Å². The van der Waals surface area contributed by atoms with E-state index in [9.17, 15) is 14.7 Å². The summed E-state index contributed by atoms with van der Waals surface area (Å²) in [6.45, 7) is 2.44. The molecular weight excluding hydrogens is 490 g/mol. The van der Waals surface area contributed by atoms with Crippen molar-refractivity contribution >= 4 is 23.7 Å². The smallest absolute Gasteiger partial charge is 0.354 e. The molecule has 1 heterocycles. The highest BCUT2D eigenvalue weighted by molar-refractivity contribution is 8.00. The van der Waals surface area contributed by atoms with Gasteiger partial charge in [-0.2, -0.15) is 0 Å². The summed E-state index contributed by atoms with van der Waals surface area (Å²) in [6.07, 6.45) is 1.81. The molecule has 1 unspecified atom stereocenters. The topological polar surface area (TPSA) is 96.3 Å². The Bertz CT molecular complexity index is 1170. The summed E-state index contributed by atoms with van der Waals surface area (Å²) in [7, 11) is 0. The molecule has 7 nitrogen and oxygen atoms in total. The first-order valence-corrected chi connectivity index (χ1v) is 13.1. The zero-order valence-corrected chi connectivity index (χ0v) is 21.3. The second-order valence-electron chi connectivity index (χ2n) is 9.07. The van der Waals surface area contributed by atoms with Crippen LogP contribution in [0.25, 0.3) is 0 Å². The van der Waals surface area contributed by atoms with Crippen LogP contribution in [0.4, 0.5) is 0 Å². The molecule has 0 aromatic heterocycles. The van der Waals surface area contributed by atoms with Crippen molar-refractivity contribution in [2.75, 3.05) is 26.3 Å². The lowest BCUT2D eigenvalue weighted by atomic mass is 9.97. The number of carboxylic acid groups (broad SMARTS) is 1.